The average Bonchev–Trinajstić information content (AvgIpc) is 3.00. The van der Waals surface area contributed by atoms with E-state index in [2.05, 4.69) is 15.5 Å². The highest BCUT2D eigenvalue weighted by atomic mass is 32.2. The lowest BCUT2D eigenvalue weighted by Crippen LogP contribution is -2.25. The van der Waals surface area contributed by atoms with Gasteiger partial charge in [0.2, 0.25) is 5.91 Å². The number of hydrogen-bond acceptors (Lipinski definition) is 5. The predicted molar refractivity (Wildman–Crippen MR) is 85.5 cm³/mol. The molecule has 0 saturated carbocycles. The first-order chi connectivity index (χ1) is 11.2. The number of carbonyl (C=O) groups is 1. The molecule has 1 aromatic heterocycles. The quantitative estimate of drug-likeness (QED) is 0.558. The number of benzene rings is 1. The SMILES string of the molecule is COCCCn1cnnc1SCC(=O)NCc1ccccc1F. The van der Waals surface area contributed by atoms with Gasteiger partial charge in [-0.2, -0.15) is 0 Å². The Labute approximate surface area is 138 Å². The molecule has 1 N–H and O–H groups in total. The molecule has 2 aromatic rings. The molecule has 0 fully saturated rings. The van der Waals surface area contributed by atoms with Gasteiger partial charge in [0, 0.05) is 32.4 Å². The van der Waals surface area contributed by atoms with E-state index in [4.69, 9.17) is 4.74 Å². The highest BCUT2D eigenvalue weighted by molar-refractivity contribution is 7.99. The van der Waals surface area contributed by atoms with E-state index in [0.29, 0.717) is 17.3 Å². The number of amides is 1. The first kappa shape index (κ1) is 17.4. The fourth-order valence-electron chi connectivity index (χ4n) is 1.91. The van der Waals surface area contributed by atoms with E-state index in [0.717, 1.165) is 13.0 Å². The number of ether oxygens (including phenoxy) is 1. The van der Waals surface area contributed by atoms with E-state index >= 15 is 0 Å². The van der Waals surface area contributed by atoms with Gasteiger partial charge in [-0.3, -0.25) is 4.79 Å². The molecule has 23 heavy (non-hydrogen) atoms. The lowest BCUT2D eigenvalue weighted by atomic mass is 10.2. The molecule has 0 bridgehead atoms. The number of methoxy groups -OCH3 is 1. The van der Waals surface area contributed by atoms with Crippen molar-refractivity contribution in [1.29, 1.82) is 0 Å². The fraction of sp³-hybridized carbons (Fsp3) is 0.400. The van der Waals surface area contributed by atoms with Gasteiger partial charge in [0.1, 0.15) is 12.1 Å². The molecular weight excluding hydrogens is 319 g/mol. The third kappa shape index (κ3) is 5.65. The molecule has 6 nitrogen and oxygen atoms in total. The van der Waals surface area contributed by atoms with Crippen LogP contribution in [0.4, 0.5) is 4.39 Å². The second-order valence-electron chi connectivity index (χ2n) is 4.81. The van der Waals surface area contributed by atoms with Gasteiger partial charge >= 0.3 is 0 Å². The molecule has 1 aromatic carbocycles. The smallest absolute Gasteiger partial charge is 0.230 e. The Morgan fingerprint density at radius 1 is 1.43 bits per heavy atom. The zero-order valence-corrected chi connectivity index (χ0v) is 13.7. The highest BCUT2D eigenvalue weighted by Crippen LogP contribution is 2.15. The second kappa shape index (κ2) is 9.26. The van der Waals surface area contributed by atoms with Crippen LogP contribution in [0.3, 0.4) is 0 Å². The number of rotatable bonds is 9. The Hall–Kier alpha value is -1.93. The summed E-state index contributed by atoms with van der Waals surface area (Å²) in [5, 5.41) is 11.2. The first-order valence-electron chi connectivity index (χ1n) is 7.20. The number of carbonyl (C=O) groups excluding carboxylic acids is 1. The van der Waals surface area contributed by atoms with Crippen LogP contribution in [0.15, 0.2) is 35.7 Å². The second-order valence-corrected chi connectivity index (χ2v) is 5.75. The molecule has 0 atom stereocenters. The summed E-state index contributed by atoms with van der Waals surface area (Å²) in [6.45, 7) is 1.57. The van der Waals surface area contributed by atoms with E-state index in [9.17, 15) is 9.18 Å². The van der Waals surface area contributed by atoms with Crippen molar-refractivity contribution in [2.75, 3.05) is 19.5 Å². The Kier molecular flexibility index (Phi) is 7.02. The van der Waals surface area contributed by atoms with Crippen molar-refractivity contribution in [2.24, 2.45) is 0 Å². The highest BCUT2D eigenvalue weighted by Gasteiger charge is 2.09. The summed E-state index contributed by atoms with van der Waals surface area (Å²) in [5.74, 6) is -0.291. The fourth-order valence-corrected chi connectivity index (χ4v) is 2.68. The molecule has 0 aliphatic heterocycles. The third-order valence-corrected chi connectivity index (χ3v) is 4.07. The number of thioether (sulfide) groups is 1. The number of nitrogens with zero attached hydrogens (tertiary/aromatic N) is 3. The van der Waals surface area contributed by atoms with Gasteiger partial charge < -0.3 is 14.6 Å². The monoisotopic (exact) mass is 338 g/mol. The Bertz CT molecular complexity index is 635. The van der Waals surface area contributed by atoms with Crippen molar-refractivity contribution in [3.8, 4) is 0 Å². The summed E-state index contributed by atoms with van der Waals surface area (Å²) in [4.78, 5) is 11.9. The van der Waals surface area contributed by atoms with Gasteiger partial charge in [-0.1, -0.05) is 30.0 Å². The average molecular weight is 338 g/mol. The third-order valence-electron chi connectivity index (χ3n) is 3.09. The lowest BCUT2D eigenvalue weighted by Gasteiger charge is -2.07. The van der Waals surface area contributed by atoms with Crippen molar-refractivity contribution in [3.05, 3.63) is 42.0 Å². The summed E-state index contributed by atoms with van der Waals surface area (Å²) in [7, 11) is 1.65. The largest absolute Gasteiger partial charge is 0.385 e. The summed E-state index contributed by atoms with van der Waals surface area (Å²) >= 11 is 1.30. The maximum absolute atomic E-state index is 13.5. The topological polar surface area (TPSA) is 69.0 Å². The van der Waals surface area contributed by atoms with Crippen LogP contribution in [0.5, 0.6) is 0 Å². The van der Waals surface area contributed by atoms with E-state index < -0.39 is 0 Å². The molecule has 2 rings (SSSR count). The predicted octanol–water partition coefficient (Wildman–Crippen LogP) is 1.86. The van der Waals surface area contributed by atoms with Crippen LogP contribution in [0.2, 0.25) is 0 Å². The molecule has 0 saturated heterocycles. The number of nitrogens with one attached hydrogen (secondary N) is 1. The standard InChI is InChI=1S/C15H19FN4O2S/c1-22-8-4-7-20-11-18-19-15(20)23-10-14(21)17-9-12-5-2-3-6-13(12)16/h2-3,5-6,11H,4,7-10H2,1H3,(H,17,21). The van der Waals surface area contributed by atoms with Crippen LogP contribution >= 0.6 is 11.8 Å². The van der Waals surface area contributed by atoms with Crippen molar-refractivity contribution >= 4 is 17.7 Å². The van der Waals surface area contributed by atoms with Gasteiger partial charge in [0.05, 0.1) is 5.75 Å². The minimum absolute atomic E-state index is 0.173. The van der Waals surface area contributed by atoms with Gasteiger partial charge in [-0.25, -0.2) is 4.39 Å². The Balaban J connectivity index is 1.76. The van der Waals surface area contributed by atoms with Crippen molar-refractivity contribution in [2.45, 2.75) is 24.7 Å². The molecule has 0 radical (unpaired) electrons. The number of halogens is 1. The molecule has 0 aliphatic carbocycles. The molecule has 0 unspecified atom stereocenters. The van der Waals surface area contributed by atoms with Crippen LogP contribution in [0, 0.1) is 5.82 Å². The lowest BCUT2D eigenvalue weighted by molar-refractivity contribution is -0.118. The number of aryl methyl sites for hydroxylation is 1. The van der Waals surface area contributed by atoms with Crippen LogP contribution in [0.1, 0.15) is 12.0 Å². The van der Waals surface area contributed by atoms with E-state index in [1.807, 2.05) is 4.57 Å². The first-order valence-corrected chi connectivity index (χ1v) is 8.19. The summed E-state index contributed by atoms with van der Waals surface area (Å²) in [6, 6.07) is 6.38. The molecule has 0 spiro atoms. The molecule has 8 heteroatoms. The molecule has 0 aliphatic rings. The van der Waals surface area contributed by atoms with Crippen LogP contribution in [0.25, 0.3) is 0 Å². The van der Waals surface area contributed by atoms with Gasteiger partial charge in [-0.15, -0.1) is 10.2 Å². The van der Waals surface area contributed by atoms with Crippen LogP contribution in [-0.4, -0.2) is 40.1 Å². The minimum atomic E-state index is -0.321. The van der Waals surface area contributed by atoms with Crippen molar-refractivity contribution < 1.29 is 13.9 Å². The maximum atomic E-state index is 13.5. The molecule has 124 valence electrons. The zero-order valence-electron chi connectivity index (χ0n) is 12.9. The normalized spacial score (nSPS) is 10.7. The maximum Gasteiger partial charge on any atom is 0.230 e. The van der Waals surface area contributed by atoms with Crippen LogP contribution < -0.4 is 5.32 Å². The Morgan fingerprint density at radius 3 is 3.04 bits per heavy atom. The van der Waals surface area contributed by atoms with Gasteiger partial charge in [0.25, 0.3) is 0 Å². The summed E-state index contributed by atoms with van der Waals surface area (Å²) in [6.07, 6.45) is 2.48. The number of hydrogen-bond donors (Lipinski definition) is 1. The molecule has 1 heterocycles. The van der Waals surface area contributed by atoms with Crippen molar-refractivity contribution in [1.82, 2.24) is 20.1 Å². The minimum Gasteiger partial charge on any atom is -0.385 e. The number of aromatic nitrogens is 3. The van der Waals surface area contributed by atoms with Crippen molar-refractivity contribution in [3.63, 3.8) is 0 Å². The Morgan fingerprint density at radius 2 is 2.26 bits per heavy atom. The van der Waals surface area contributed by atoms with E-state index in [1.165, 1.54) is 17.8 Å². The van der Waals surface area contributed by atoms with E-state index in [1.54, 1.807) is 31.6 Å². The summed E-state index contributed by atoms with van der Waals surface area (Å²) < 4.78 is 20.4. The van der Waals surface area contributed by atoms with E-state index in [-0.39, 0.29) is 24.0 Å². The van der Waals surface area contributed by atoms with Crippen LogP contribution in [-0.2, 0) is 22.6 Å². The van der Waals surface area contributed by atoms with Gasteiger partial charge in [0.15, 0.2) is 5.16 Å². The zero-order chi connectivity index (χ0) is 16.5. The summed E-state index contributed by atoms with van der Waals surface area (Å²) in [5.41, 5.74) is 0.466. The molecule has 1 amide bonds. The molecular formula is C15H19FN4O2S. The van der Waals surface area contributed by atoms with Gasteiger partial charge in [-0.05, 0) is 12.5 Å².